The maximum atomic E-state index is 12.4. The van der Waals surface area contributed by atoms with Gasteiger partial charge in [-0.3, -0.25) is 9.69 Å². The van der Waals surface area contributed by atoms with Crippen LogP contribution in [0.25, 0.3) is 0 Å². The molecule has 0 radical (unpaired) electrons. The Morgan fingerprint density at radius 3 is 2.76 bits per heavy atom. The average Bonchev–Trinajstić information content (AvgIpc) is 2.46. The molecule has 1 aromatic carbocycles. The van der Waals surface area contributed by atoms with Crippen LogP contribution in [0.4, 0.5) is 11.4 Å². The molecule has 1 amide bonds. The highest BCUT2D eigenvalue weighted by Gasteiger charge is 2.21. The fourth-order valence-electron chi connectivity index (χ4n) is 2.14. The van der Waals surface area contributed by atoms with Crippen LogP contribution in [0.3, 0.4) is 0 Å². The molecule has 0 heterocycles. The number of nitrogens with two attached hydrogens (primary N) is 1. The van der Waals surface area contributed by atoms with Gasteiger partial charge in [0, 0.05) is 12.2 Å². The van der Waals surface area contributed by atoms with Gasteiger partial charge in [0.2, 0.25) is 5.91 Å². The van der Waals surface area contributed by atoms with E-state index in [9.17, 15) is 4.79 Å². The lowest BCUT2D eigenvalue weighted by atomic mass is 10.2. The summed E-state index contributed by atoms with van der Waals surface area (Å²) in [7, 11) is 1.54. The molecule has 6 nitrogen and oxygen atoms in total. The van der Waals surface area contributed by atoms with Crippen LogP contribution in [0.1, 0.15) is 20.3 Å². The van der Waals surface area contributed by atoms with Gasteiger partial charge in [-0.25, -0.2) is 0 Å². The smallest absolute Gasteiger partial charge is 0.241 e. The summed E-state index contributed by atoms with van der Waals surface area (Å²) in [5.74, 6) is 0.412. The van der Waals surface area contributed by atoms with Crippen molar-refractivity contribution in [2.45, 2.75) is 26.3 Å². The molecule has 1 unspecified atom stereocenters. The minimum Gasteiger partial charge on any atom is -0.495 e. The van der Waals surface area contributed by atoms with E-state index in [0.29, 0.717) is 23.7 Å². The Bertz CT molecular complexity index is 459. The number of carbonyl (C=O) groups is 1. The van der Waals surface area contributed by atoms with Gasteiger partial charge in [0.05, 0.1) is 25.4 Å². The van der Waals surface area contributed by atoms with Crippen molar-refractivity contribution in [3.63, 3.8) is 0 Å². The van der Waals surface area contributed by atoms with Crippen molar-refractivity contribution in [2.75, 3.05) is 37.9 Å². The number of methoxy groups -OCH3 is 1. The third-order valence-electron chi connectivity index (χ3n) is 3.31. The Morgan fingerprint density at radius 1 is 1.48 bits per heavy atom. The molecule has 0 fully saturated rings. The van der Waals surface area contributed by atoms with Crippen molar-refractivity contribution >= 4 is 17.3 Å². The molecule has 0 aromatic heterocycles. The minimum atomic E-state index is -0.344. The first-order chi connectivity index (χ1) is 10.0. The third-order valence-corrected chi connectivity index (χ3v) is 3.31. The summed E-state index contributed by atoms with van der Waals surface area (Å²) in [6.07, 6.45) is 0.916. The highest BCUT2D eigenvalue weighted by molar-refractivity contribution is 5.96. The molecule has 1 atom stereocenters. The second-order valence-corrected chi connectivity index (χ2v) is 4.88. The number of nitrogen functional groups attached to an aromatic ring is 1. The molecular formula is C15H25N3O3. The number of hydrogen-bond acceptors (Lipinski definition) is 5. The van der Waals surface area contributed by atoms with Crippen molar-refractivity contribution in [1.82, 2.24) is 4.90 Å². The van der Waals surface area contributed by atoms with Crippen LogP contribution in [-0.2, 0) is 4.79 Å². The van der Waals surface area contributed by atoms with E-state index in [4.69, 9.17) is 15.6 Å². The van der Waals surface area contributed by atoms with Gasteiger partial charge in [-0.15, -0.1) is 0 Å². The van der Waals surface area contributed by atoms with E-state index in [2.05, 4.69) is 5.32 Å². The third kappa shape index (κ3) is 4.91. The number of nitrogens with one attached hydrogen (secondary N) is 1. The summed E-state index contributed by atoms with van der Waals surface area (Å²) < 4.78 is 5.21. The molecule has 6 heteroatoms. The maximum absolute atomic E-state index is 12.4. The summed E-state index contributed by atoms with van der Waals surface area (Å²) in [6, 6.07) is 4.75. The zero-order valence-electron chi connectivity index (χ0n) is 12.9. The lowest BCUT2D eigenvalue weighted by molar-refractivity contribution is -0.120. The van der Waals surface area contributed by atoms with Crippen molar-refractivity contribution in [3.05, 3.63) is 18.2 Å². The number of benzene rings is 1. The average molecular weight is 295 g/mol. The van der Waals surface area contributed by atoms with Crippen LogP contribution < -0.4 is 15.8 Å². The number of carbonyl (C=O) groups excluding carboxylic acids is 1. The Labute approximate surface area is 125 Å². The van der Waals surface area contributed by atoms with Crippen LogP contribution in [0, 0.1) is 0 Å². The van der Waals surface area contributed by atoms with Crippen LogP contribution in [0.5, 0.6) is 5.75 Å². The quantitative estimate of drug-likeness (QED) is 0.629. The van der Waals surface area contributed by atoms with E-state index in [1.54, 1.807) is 25.3 Å². The fraction of sp³-hybridized carbons (Fsp3) is 0.533. The summed E-state index contributed by atoms with van der Waals surface area (Å²) in [6.45, 7) is 5.11. The number of ether oxygens (including phenoxy) is 1. The first-order valence-corrected chi connectivity index (χ1v) is 7.12. The monoisotopic (exact) mass is 295 g/mol. The molecule has 1 rings (SSSR count). The number of aliphatic hydroxyl groups excluding tert-OH is 1. The van der Waals surface area contributed by atoms with Crippen molar-refractivity contribution in [2.24, 2.45) is 0 Å². The Hall–Kier alpha value is -1.79. The Balaban J connectivity index is 2.81. The highest BCUT2D eigenvalue weighted by atomic mass is 16.5. The van der Waals surface area contributed by atoms with Gasteiger partial charge in [0.25, 0.3) is 0 Å². The van der Waals surface area contributed by atoms with Crippen LogP contribution in [0.2, 0.25) is 0 Å². The molecule has 0 saturated carbocycles. The van der Waals surface area contributed by atoms with Gasteiger partial charge in [-0.05, 0) is 38.1 Å². The predicted octanol–water partition coefficient (Wildman–Crippen LogP) is 1.31. The van der Waals surface area contributed by atoms with E-state index in [1.165, 1.54) is 0 Å². The van der Waals surface area contributed by atoms with E-state index in [0.717, 1.165) is 13.0 Å². The lowest BCUT2D eigenvalue weighted by Gasteiger charge is -2.27. The summed E-state index contributed by atoms with van der Waals surface area (Å²) in [5.41, 5.74) is 6.84. The SMILES string of the molecule is CCCN(CCO)C(C)C(=O)Nc1cc(N)ccc1OC. The normalized spacial score (nSPS) is 12.2. The lowest BCUT2D eigenvalue weighted by Crippen LogP contribution is -2.43. The van der Waals surface area contributed by atoms with Gasteiger partial charge in [0.1, 0.15) is 5.75 Å². The van der Waals surface area contributed by atoms with E-state index in [1.807, 2.05) is 18.7 Å². The molecule has 4 N–H and O–H groups in total. The summed E-state index contributed by atoms with van der Waals surface area (Å²) in [5, 5.41) is 11.9. The summed E-state index contributed by atoms with van der Waals surface area (Å²) in [4.78, 5) is 14.3. The Morgan fingerprint density at radius 2 is 2.19 bits per heavy atom. The molecule has 21 heavy (non-hydrogen) atoms. The molecular weight excluding hydrogens is 270 g/mol. The van der Waals surface area contributed by atoms with Crippen LogP contribution in [0.15, 0.2) is 18.2 Å². The predicted molar refractivity (Wildman–Crippen MR) is 84.4 cm³/mol. The Kier molecular flexibility index (Phi) is 6.98. The number of rotatable bonds is 8. The molecule has 0 saturated heterocycles. The topological polar surface area (TPSA) is 87.8 Å². The van der Waals surface area contributed by atoms with Crippen molar-refractivity contribution in [3.8, 4) is 5.75 Å². The van der Waals surface area contributed by atoms with Gasteiger partial charge >= 0.3 is 0 Å². The number of aliphatic hydroxyl groups is 1. The zero-order valence-corrected chi connectivity index (χ0v) is 12.9. The number of nitrogens with zero attached hydrogens (tertiary/aromatic N) is 1. The fourth-order valence-corrected chi connectivity index (χ4v) is 2.14. The standard InChI is InChI=1S/C15H25N3O3/c1-4-7-18(8-9-19)11(2)15(20)17-13-10-12(16)5-6-14(13)21-3/h5-6,10-11,19H,4,7-9,16H2,1-3H3,(H,17,20). The number of anilines is 2. The van der Waals surface area contributed by atoms with Crippen LogP contribution in [-0.4, -0.2) is 48.8 Å². The van der Waals surface area contributed by atoms with Gasteiger partial charge < -0.3 is 20.9 Å². The van der Waals surface area contributed by atoms with Gasteiger partial charge in [0.15, 0.2) is 0 Å². The van der Waals surface area contributed by atoms with E-state index in [-0.39, 0.29) is 18.6 Å². The van der Waals surface area contributed by atoms with Gasteiger partial charge in [-0.2, -0.15) is 0 Å². The highest BCUT2D eigenvalue weighted by Crippen LogP contribution is 2.26. The first kappa shape index (κ1) is 17.3. The molecule has 0 aliphatic heterocycles. The summed E-state index contributed by atoms with van der Waals surface area (Å²) >= 11 is 0. The largest absolute Gasteiger partial charge is 0.495 e. The molecule has 1 aromatic rings. The molecule has 118 valence electrons. The van der Waals surface area contributed by atoms with E-state index < -0.39 is 0 Å². The van der Waals surface area contributed by atoms with Crippen molar-refractivity contribution in [1.29, 1.82) is 0 Å². The second-order valence-electron chi connectivity index (χ2n) is 4.88. The molecule has 0 bridgehead atoms. The van der Waals surface area contributed by atoms with Crippen molar-refractivity contribution < 1.29 is 14.6 Å². The first-order valence-electron chi connectivity index (χ1n) is 7.12. The molecule has 0 spiro atoms. The van der Waals surface area contributed by atoms with E-state index >= 15 is 0 Å². The molecule has 0 aliphatic carbocycles. The molecule has 0 aliphatic rings. The minimum absolute atomic E-state index is 0.0270. The zero-order chi connectivity index (χ0) is 15.8. The van der Waals surface area contributed by atoms with Gasteiger partial charge in [-0.1, -0.05) is 6.92 Å². The maximum Gasteiger partial charge on any atom is 0.241 e. The second kappa shape index (κ2) is 8.49. The van der Waals surface area contributed by atoms with Crippen LogP contribution >= 0.6 is 0 Å². The number of amides is 1. The number of hydrogen-bond donors (Lipinski definition) is 3.